The van der Waals surface area contributed by atoms with Crippen molar-refractivity contribution >= 4 is 5.82 Å². The smallest absolute Gasteiger partial charge is 0.128 e. The van der Waals surface area contributed by atoms with Gasteiger partial charge in [-0.3, -0.25) is 0 Å². The van der Waals surface area contributed by atoms with Crippen molar-refractivity contribution in [2.75, 3.05) is 18.0 Å². The molecule has 0 amide bonds. The highest BCUT2D eigenvalue weighted by Crippen LogP contribution is 2.19. The van der Waals surface area contributed by atoms with Crippen molar-refractivity contribution in [3.8, 4) is 6.07 Å². The summed E-state index contributed by atoms with van der Waals surface area (Å²) in [4.78, 5) is 6.58. The maximum atomic E-state index is 8.70. The Kier molecular flexibility index (Phi) is 3.21. The van der Waals surface area contributed by atoms with Crippen LogP contribution in [0, 0.1) is 11.3 Å². The number of hydrogen-bond acceptors (Lipinski definition) is 3. The van der Waals surface area contributed by atoms with Crippen LogP contribution in [0.5, 0.6) is 0 Å². The van der Waals surface area contributed by atoms with Crippen LogP contribution >= 0.6 is 0 Å². The zero-order chi connectivity index (χ0) is 11.4. The highest BCUT2D eigenvalue weighted by atomic mass is 15.2. The van der Waals surface area contributed by atoms with Crippen LogP contribution in [-0.2, 0) is 0 Å². The second-order valence-electron chi connectivity index (χ2n) is 4.11. The molecule has 0 saturated carbocycles. The molecule has 0 bridgehead atoms. The number of rotatable bonds is 1. The molecule has 3 nitrogen and oxygen atoms in total. The van der Waals surface area contributed by atoms with Crippen molar-refractivity contribution in [2.24, 2.45) is 0 Å². The fraction of sp³-hybridized carbons (Fsp3) is 0.385. The molecule has 1 aromatic heterocycles. The van der Waals surface area contributed by atoms with Gasteiger partial charge < -0.3 is 4.90 Å². The Labute approximate surface area is 96.0 Å². The SMILES string of the molecule is C=C1CCCN(c2ccc(C#N)cn2)CC1. The molecule has 0 radical (unpaired) electrons. The molecule has 1 aliphatic heterocycles. The quantitative estimate of drug-likeness (QED) is 0.673. The summed E-state index contributed by atoms with van der Waals surface area (Å²) in [5, 5.41) is 8.70. The molecule has 0 unspecified atom stereocenters. The third-order valence-electron chi connectivity index (χ3n) is 2.89. The van der Waals surface area contributed by atoms with E-state index in [1.54, 1.807) is 6.20 Å². The molecule has 16 heavy (non-hydrogen) atoms. The minimum atomic E-state index is 0.614. The van der Waals surface area contributed by atoms with E-state index in [1.165, 1.54) is 5.57 Å². The number of pyridine rings is 1. The average Bonchev–Trinajstić information content (AvgIpc) is 2.54. The van der Waals surface area contributed by atoms with Crippen molar-refractivity contribution in [2.45, 2.75) is 19.3 Å². The number of nitrogens with zero attached hydrogens (tertiary/aromatic N) is 3. The predicted octanol–water partition coefficient (Wildman–Crippen LogP) is 2.50. The van der Waals surface area contributed by atoms with Gasteiger partial charge in [-0.1, -0.05) is 12.2 Å². The molecule has 0 spiro atoms. The van der Waals surface area contributed by atoms with Crippen molar-refractivity contribution < 1.29 is 0 Å². The summed E-state index contributed by atoms with van der Waals surface area (Å²) in [5.41, 5.74) is 1.94. The summed E-state index contributed by atoms with van der Waals surface area (Å²) in [6, 6.07) is 5.83. The van der Waals surface area contributed by atoms with Gasteiger partial charge in [0, 0.05) is 19.3 Å². The summed E-state index contributed by atoms with van der Waals surface area (Å²) in [7, 11) is 0. The van der Waals surface area contributed by atoms with Crippen LogP contribution in [0.4, 0.5) is 5.82 Å². The minimum absolute atomic E-state index is 0.614. The Hall–Kier alpha value is -1.82. The first-order valence-corrected chi connectivity index (χ1v) is 5.57. The molecule has 2 rings (SSSR count). The van der Waals surface area contributed by atoms with Gasteiger partial charge in [0.05, 0.1) is 5.56 Å². The van der Waals surface area contributed by atoms with Crippen molar-refractivity contribution in [1.29, 1.82) is 5.26 Å². The minimum Gasteiger partial charge on any atom is -0.356 e. The average molecular weight is 213 g/mol. The van der Waals surface area contributed by atoms with Gasteiger partial charge >= 0.3 is 0 Å². The van der Waals surface area contributed by atoms with Gasteiger partial charge in [0.1, 0.15) is 11.9 Å². The fourth-order valence-corrected chi connectivity index (χ4v) is 1.92. The lowest BCUT2D eigenvalue weighted by Crippen LogP contribution is -2.24. The van der Waals surface area contributed by atoms with Gasteiger partial charge in [0.15, 0.2) is 0 Å². The molecular weight excluding hydrogens is 198 g/mol. The lowest BCUT2D eigenvalue weighted by atomic mass is 10.1. The molecule has 0 N–H and O–H groups in total. The first-order valence-electron chi connectivity index (χ1n) is 5.57. The number of aromatic nitrogens is 1. The summed E-state index contributed by atoms with van der Waals surface area (Å²) in [6.45, 7) is 6.05. The Morgan fingerprint density at radius 3 is 2.88 bits per heavy atom. The maximum absolute atomic E-state index is 8.70. The highest BCUT2D eigenvalue weighted by molar-refractivity contribution is 5.42. The lowest BCUT2D eigenvalue weighted by Gasteiger charge is -2.20. The van der Waals surface area contributed by atoms with Gasteiger partial charge in [0.2, 0.25) is 0 Å². The second-order valence-corrected chi connectivity index (χ2v) is 4.11. The highest BCUT2D eigenvalue weighted by Gasteiger charge is 2.12. The Morgan fingerprint density at radius 2 is 2.19 bits per heavy atom. The van der Waals surface area contributed by atoms with Crippen LogP contribution < -0.4 is 4.90 Å². The Morgan fingerprint density at radius 1 is 1.31 bits per heavy atom. The molecule has 0 aromatic carbocycles. The van der Waals surface area contributed by atoms with E-state index in [0.29, 0.717) is 5.56 Å². The second kappa shape index (κ2) is 4.80. The van der Waals surface area contributed by atoms with Crippen molar-refractivity contribution in [1.82, 2.24) is 4.98 Å². The number of hydrogen-bond donors (Lipinski definition) is 0. The maximum Gasteiger partial charge on any atom is 0.128 e. The van der Waals surface area contributed by atoms with Gasteiger partial charge in [-0.15, -0.1) is 0 Å². The molecule has 1 saturated heterocycles. The van der Waals surface area contributed by atoms with E-state index in [-0.39, 0.29) is 0 Å². The summed E-state index contributed by atoms with van der Waals surface area (Å²) in [5.74, 6) is 0.966. The molecular formula is C13H15N3. The van der Waals surface area contributed by atoms with Crippen LogP contribution in [-0.4, -0.2) is 18.1 Å². The van der Waals surface area contributed by atoms with E-state index in [0.717, 1.165) is 38.2 Å². The predicted molar refractivity (Wildman–Crippen MR) is 64.2 cm³/mol. The Bertz CT molecular complexity index is 414. The summed E-state index contributed by atoms with van der Waals surface area (Å²) >= 11 is 0. The van der Waals surface area contributed by atoms with Crippen LogP contribution in [0.1, 0.15) is 24.8 Å². The number of nitriles is 1. The van der Waals surface area contributed by atoms with E-state index < -0.39 is 0 Å². The molecule has 3 heteroatoms. The van der Waals surface area contributed by atoms with Crippen LogP contribution in [0.3, 0.4) is 0 Å². The van der Waals surface area contributed by atoms with Crippen LogP contribution in [0.25, 0.3) is 0 Å². The molecule has 2 heterocycles. The Balaban J connectivity index is 2.11. The van der Waals surface area contributed by atoms with Gasteiger partial charge in [-0.25, -0.2) is 4.98 Å². The normalized spacial score (nSPS) is 16.7. The molecule has 1 fully saturated rings. The van der Waals surface area contributed by atoms with Gasteiger partial charge in [-0.2, -0.15) is 5.26 Å². The van der Waals surface area contributed by atoms with E-state index in [9.17, 15) is 0 Å². The standard InChI is InChI=1S/C13H15N3/c1-11-3-2-7-16(8-6-11)13-5-4-12(9-14)10-15-13/h4-5,10H,1-3,6-8H2. The molecule has 1 aliphatic rings. The van der Waals surface area contributed by atoms with Gasteiger partial charge in [0.25, 0.3) is 0 Å². The van der Waals surface area contributed by atoms with E-state index in [4.69, 9.17) is 5.26 Å². The summed E-state index contributed by atoms with van der Waals surface area (Å²) in [6.07, 6.45) is 4.93. The number of anilines is 1. The molecule has 82 valence electrons. The van der Waals surface area contributed by atoms with E-state index in [1.807, 2.05) is 12.1 Å². The molecule has 0 aliphatic carbocycles. The zero-order valence-electron chi connectivity index (χ0n) is 9.32. The fourth-order valence-electron chi connectivity index (χ4n) is 1.92. The first-order chi connectivity index (χ1) is 7.79. The van der Waals surface area contributed by atoms with E-state index >= 15 is 0 Å². The third-order valence-corrected chi connectivity index (χ3v) is 2.89. The van der Waals surface area contributed by atoms with Crippen LogP contribution in [0.2, 0.25) is 0 Å². The molecule has 1 aromatic rings. The monoisotopic (exact) mass is 213 g/mol. The topological polar surface area (TPSA) is 39.9 Å². The zero-order valence-corrected chi connectivity index (χ0v) is 9.32. The summed E-state index contributed by atoms with van der Waals surface area (Å²) < 4.78 is 0. The largest absolute Gasteiger partial charge is 0.356 e. The lowest BCUT2D eigenvalue weighted by molar-refractivity contribution is 0.778. The van der Waals surface area contributed by atoms with E-state index in [2.05, 4.69) is 22.5 Å². The van der Waals surface area contributed by atoms with Gasteiger partial charge in [-0.05, 0) is 31.4 Å². The van der Waals surface area contributed by atoms with Crippen LogP contribution in [0.15, 0.2) is 30.5 Å². The van der Waals surface area contributed by atoms with Crippen molar-refractivity contribution in [3.63, 3.8) is 0 Å². The third kappa shape index (κ3) is 2.40. The van der Waals surface area contributed by atoms with Crippen molar-refractivity contribution in [3.05, 3.63) is 36.0 Å². The molecule has 0 atom stereocenters. The first kappa shape index (κ1) is 10.7.